The summed E-state index contributed by atoms with van der Waals surface area (Å²) in [7, 11) is 0. The highest BCUT2D eigenvalue weighted by Gasteiger charge is 2.11. The molecule has 0 N–H and O–H groups in total. The number of hydrogen-bond donors (Lipinski definition) is 0. The first-order chi connectivity index (χ1) is 11.3. The molecule has 1 heteroatoms. The summed E-state index contributed by atoms with van der Waals surface area (Å²) >= 11 is 0. The van der Waals surface area contributed by atoms with E-state index >= 15 is 0 Å². The minimum atomic E-state index is 1.11. The molecule has 0 aliphatic carbocycles. The van der Waals surface area contributed by atoms with Crippen LogP contribution in [-0.2, 0) is 0 Å². The van der Waals surface area contributed by atoms with E-state index in [1.807, 2.05) is 18.2 Å². The van der Waals surface area contributed by atoms with Gasteiger partial charge >= 0.3 is 0 Å². The van der Waals surface area contributed by atoms with Crippen molar-refractivity contribution >= 4 is 29.2 Å². The van der Waals surface area contributed by atoms with Crippen LogP contribution in [0.3, 0.4) is 0 Å². The lowest BCUT2D eigenvalue weighted by Crippen LogP contribution is -2.09. The lowest BCUT2D eigenvalue weighted by atomic mass is 10.1. The van der Waals surface area contributed by atoms with Crippen LogP contribution in [0.25, 0.3) is 12.2 Å². The lowest BCUT2D eigenvalue weighted by molar-refractivity contribution is 1.28. The molecular weight excluding hydrogens is 278 g/mol. The predicted octanol–water partition coefficient (Wildman–Crippen LogP) is 6.44. The molecule has 3 aromatic carbocycles. The molecule has 0 unspecified atom stereocenters. The van der Waals surface area contributed by atoms with Gasteiger partial charge in [0.25, 0.3) is 0 Å². The molecule has 3 rings (SSSR count). The molecule has 0 fully saturated rings. The van der Waals surface area contributed by atoms with E-state index in [-0.39, 0.29) is 0 Å². The summed E-state index contributed by atoms with van der Waals surface area (Å²) in [5.74, 6) is 0. The fraction of sp³-hybridized carbons (Fsp3) is 0. The second-order valence-electron chi connectivity index (χ2n) is 5.26. The third-order valence-corrected chi connectivity index (χ3v) is 3.79. The molecule has 0 amide bonds. The highest BCUT2D eigenvalue weighted by atomic mass is 15.1. The van der Waals surface area contributed by atoms with Gasteiger partial charge in [0.1, 0.15) is 0 Å². The maximum Gasteiger partial charge on any atom is 0.0462 e. The van der Waals surface area contributed by atoms with Crippen LogP contribution < -0.4 is 4.90 Å². The Morgan fingerprint density at radius 2 is 0.913 bits per heavy atom. The highest BCUT2D eigenvalue weighted by molar-refractivity contribution is 5.77. The number of para-hydroxylation sites is 1. The Morgan fingerprint density at radius 1 is 0.522 bits per heavy atom. The zero-order valence-electron chi connectivity index (χ0n) is 13.0. The molecule has 0 heterocycles. The normalized spacial score (nSPS) is 10.1. The van der Waals surface area contributed by atoms with Crippen molar-refractivity contribution in [3.05, 3.63) is 103 Å². The van der Waals surface area contributed by atoms with E-state index < -0.39 is 0 Å². The van der Waals surface area contributed by atoms with Crippen LogP contribution in [0, 0.1) is 0 Å². The molecule has 0 bridgehead atoms. The van der Waals surface area contributed by atoms with Gasteiger partial charge in [0.15, 0.2) is 0 Å². The van der Waals surface area contributed by atoms with E-state index in [2.05, 4.69) is 90.9 Å². The third-order valence-electron chi connectivity index (χ3n) is 3.79. The highest BCUT2D eigenvalue weighted by Crippen LogP contribution is 2.34. The average molecular weight is 297 g/mol. The maximum atomic E-state index is 3.82. The van der Waals surface area contributed by atoms with Crippen LogP contribution in [0.5, 0.6) is 0 Å². The summed E-state index contributed by atoms with van der Waals surface area (Å²) in [5.41, 5.74) is 5.60. The molecular formula is C22H19N. The topological polar surface area (TPSA) is 3.24 Å². The van der Waals surface area contributed by atoms with Gasteiger partial charge in [-0.2, -0.15) is 0 Å². The van der Waals surface area contributed by atoms with Gasteiger partial charge in [0.05, 0.1) is 0 Å². The van der Waals surface area contributed by atoms with E-state index in [1.165, 1.54) is 0 Å². The fourth-order valence-corrected chi connectivity index (χ4v) is 2.54. The Kier molecular flexibility index (Phi) is 4.39. The SMILES string of the molecule is C=Cc1ccc(N(c2ccccc2)c2ccc(C=C)cc2)cc1. The second-order valence-corrected chi connectivity index (χ2v) is 5.26. The molecule has 3 aromatic rings. The largest absolute Gasteiger partial charge is 0.311 e. The van der Waals surface area contributed by atoms with Crippen LogP contribution in [0.15, 0.2) is 92.0 Å². The molecule has 0 saturated carbocycles. The van der Waals surface area contributed by atoms with Crippen molar-refractivity contribution in [3.8, 4) is 0 Å². The summed E-state index contributed by atoms with van der Waals surface area (Å²) in [6.45, 7) is 7.64. The van der Waals surface area contributed by atoms with Crippen molar-refractivity contribution in [2.24, 2.45) is 0 Å². The number of hydrogen-bond acceptors (Lipinski definition) is 1. The smallest absolute Gasteiger partial charge is 0.0462 e. The zero-order chi connectivity index (χ0) is 16.1. The number of benzene rings is 3. The molecule has 0 spiro atoms. The maximum absolute atomic E-state index is 3.82. The quantitative estimate of drug-likeness (QED) is 0.523. The van der Waals surface area contributed by atoms with E-state index in [4.69, 9.17) is 0 Å². The van der Waals surface area contributed by atoms with Gasteiger partial charge in [-0.3, -0.25) is 0 Å². The minimum absolute atomic E-state index is 1.11. The number of rotatable bonds is 5. The predicted molar refractivity (Wildman–Crippen MR) is 101 cm³/mol. The average Bonchev–Trinajstić information content (AvgIpc) is 2.64. The van der Waals surface area contributed by atoms with Gasteiger partial charge in [-0.05, 0) is 47.5 Å². The van der Waals surface area contributed by atoms with Gasteiger partial charge in [0, 0.05) is 17.1 Å². The molecule has 0 atom stereocenters. The third kappa shape index (κ3) is 3.24. The van der Waals surface area contributed by atoms with E-state index in [0.717, 1.165) is 28.2 Å². The first-order valence-electron chi connectivity index (χ1n) is 7.62. The Balaban J connectivity index is 2.08. The first kappa shape index (κ1) is 14.9. The Labute approximate surface area is 137 Å². The van der Waals surface area contributed by atoms with Crippen molar-refractivity contribution < 1.29 is 0 Å². The van der Waals surface area contributed by atoms with Gasteiger partial charge in [-0.1, -0.05) is 67.8 Å². The van der Waals surface area contributed by atoms with Gasteiger partial charge in [-0.15, -0.1) is 0 Å². The zero-order valence-corrected chi connectivity index (χ0v) is 13.0. The molecule has 1 nitrogen and oxygen atoms in total. The monoisotopic (exact) mass is 297 g/mol. The van der Waals surface area contributed by atoms with Gasteiger partial charge in [0.2, 0.25) is 0 Å². The summed E-state index contributed by atoms with van der Waals surface area (Å²) in [6, 6.07) is 27.2. The summed E-state index contributed by atoms with van der Waals surface area (Å²) in [4.78, 5) is 2.24. The van der Waals surface area contributed by atoms with Crippen LogP contribution in [-0.4, -0.2) is 0 Å². The van der Waals surface area contributed by atoms with Crippen molar-refractivity contribution in [3.63, 3.8) is 0 Å². The van der Waals surface area contributed by atoms with Crippen LogP contribution >= 0.6 is 0 Å². The fourth-order valence-electron chi connectivity index (χ4n) is 2.54. The second kappa shape index (κ2) is 6.80. The Hall–Kier alpha value is -3.06. The van der Waals surface area contributed by atoms with Crippen molar-refractivity contribution in [2.75, 3.05) is 4.90 Å². The van der Waals surface area contributed by atoms with Crippen LogP contribution in [0.4, 0.5) is 17.1 Å². The molecule has 0 saturated heterocycles. The van der Waals surface area contributed by atoms with Gasteiger partial charge < -0.3 is 4.90 Å². The van der Waals surface area contributed by atoms with Crippen molar-refractivity contribution in [2.45, 2.75) is 0 Å². The summed E-state index contributed by atoms with van der Waals surface area (Å²) in [6.07, 6.45) is 3.71. The Morgan fingerprint density at radius 3 is 1.30 bits per heavy atom. The van der Waals surface area contributed by atoms with E-state index in [0.29, 0.717) is 0 Å². The summed E-state index contributed by atoms with van der Waals surface area (Å²) in [5, 5.41) is 0. The van der Waals surface area contributed by atoms with Crippen molar-refractivity contribution in [1.29, 1.82) is 0 Å². The molecule has 23 heavy (non-hydrogen) atoms. The number of anilines is 3. The Bertz CT molecular complexity index is 732. The first-order valence-corrected chi connectivity index (χ1v) is 7.62. The van der Waals surface area contributed by atoms with E-state index in [1.54, 1.807) is 0 Å². The number of nitrogens with zero attached hydrogens (tertiary/aromatic N) is 1. The molecule has 0 radical (unpaired) electrons. The molecule has 0 aliphatic heterocycles. The molecule has 112 valence electrons. The lowest BCUT2D eigenvalue weighted by Gasteiger charge is -2.25. The molecule has 0 aliphatic rings. The van der Waals surface area contributed by atoms with Crippen LogP contribution in [0.1, 0.15) is 11.1 Å². The van der Waals surface area contributed by atoms with E-state index in [9.17, 15) is 0 Å². The van der Waals surface area contributed by atoms with Crippen LogP contribution in [0.2, 0.25) is 0 Å². The van der Waals surface area contributed by atoms with Crippen molar-refractivity contribution in [1.82, 2.24) is 0 Å². The standard InChI is InChI=1S/C22H19N/c1-3-18-10-14-21(15-11-18)23(20-8-6-5-7-9-20)22-16-12-19(4-2)13-17-22/h3-17H,1-2H2. The minimum Gasteiger partial charge on any atom is -0.311 e. The molecule has 0 aromatic heterocycles. The summed E-state index contributed by atoms with van der Waals surface area (Å²) < 4.78 is 0. The van der Waals surface area contributed by atoms with Gasteiger partial charge in [-0.25, -0.2) is 0 Å².